The average Bonchev–Trinajstić information content (AvgIpc) is 3.26. The molecule has 0 spiro atoms. The fourth-order valence-corrected chi connectivity index (χ4v) is 5.78. The first kappa shape index (κ1) is 27.6. The lowest BCUT2D eigenvalue weighted by atomic mass is 10.00. The molecule has 188 valence electrons. The van der Waals surface area contributed by atoms with E-state index in [-0.39, 0.29) is 35.7 Å². The number of aromatic nitrogens is 5. The van der Waals surface area contributed by atoms with Gasteiger partial charge in [0, 0.05) is 36.4 Å². The fourth-order valence-electron chi connectivity index (χ4n) is 3.03. The Morgan fingerprint density at radius 3 is 2.20 bits per heavy atom. The number of sulfone groups is 1. The fraction of sp³-hybridized carbons (Fsp3) is 0.263. The summed E-state index contributed by atoms with van der Waals surface area (Å²) in [7, 11) is -8.63. The summed E-state index contributed by atoms with van der Waals surface area (Å²) in [5.41, 5.74) is 6.45. The van der Waals surface area contributed by atoms with Crippen molar-refractivity contribution in [2.75, 3.05) is 12.3 Å². The zero-order chi connectivity index (χ0) is 26.4. The van der Waals surface area contributed by atoms with E-state index < -0.39 is 41.4 Å². The highest BCUT2D eigenvalue weighted by molar-refractivity contribution is 7.93. The third kappa shape index (κ3) is 7.19. The summed E-state index contributed by atoms with van der Waals surface area (Å²) in [5.74, 6) is -1.81. The van der Waals surface area contributed by atoms with Crippen molar-refractivity contribution in [1.82, 2.24) is 25.6 Å². The third-order valence-electron chi connectivity index (χ3n) is 4.26. The van der Waals surface area contributed by atoms with E-state index >= 15 is 0 Å². The lowest BCUT2D eigenvalue weighted by molar-refractivity contribution is -0.302. The van der Waals surface area contributed by atoms with Crippen LogP contribution in [0.25, 0.3) is 22.5 Å². The highest BCUT2D eigenvalue weighted by atomic mass is 32.2. The summed E-state index contributed by atoms with van der Waals surface area (Å²) >= 11 is 0. The van der Waals surface area contributed by atoms with Crippen LogP contribution < -0.4 is 16.0 Å². The maximum Gasteiger partial charge on any atom is 0.240 e. The first-order valence-corrected chi connectivity index (χ1v) is 13.0. The van der Waals surface area contributed by atoms with Crippen LogP contribution in [0.4, 0.5) is 0 Å². The van der Waals surface area contributed by atoms with Crippen molar-refractivity contribution in [3.05, 3.63) is 36.2 Å². The molecule has 0 aliphatic heterocycles. The number of primary sulfonamides is 1. The van der Waals surface area contributed by atoms with E-state index in [4.69, 9.17) is 20.8 Å². The summed E-state index contributed by atoms with van der Waals surface area (Å²) in [5, 5.41) is 27.6. The number of nitrogens with one attached hydrogen (secondary N) is 1. The number of carbonyl (C=O) groups is 2. The van der Waals surface area contributed by atoms with E-state index in [9.17, 15) is 21.6 Å². The molecule has 0 bridgehead atoms. The number of H-pyrrole nitrogens is 1. The molecule has 2 aromatic heterocycles. The Kier molecular flexibility index (Phi) is 8.86. The predicted molar refractivity (Wildman–Crippen MR) is 120 cm³/mol. The van der Waals surface area contributed by atoms with Gasteiger partial charge in [0.15, 0.2) is 9.84 Å². The summed E-state index contributed by atoms with van der Waals surface area (Å²) in [6, 6.07) is 5.77. The summed E-state index contributed by atoms with van der Waals surface area (Å²) in [4.78, 5) is 23.2. The van der Waals surface area contributed by atoms with Crippen LogP contribution in [0, 0.1) is 0 Å². The summed E-state index contributed by atoms with van der Waals surface area (Å²) in [6.07, 6.45) is 1.56. The molecular weight excluding hydrogens is 502 g/mol. The number of Topliss-reactive ketones (excluding diaryl/α,β-unsaturated/α-hetero) is 1. The Labute approximate surface area is 200 Å². The Morgan fingerprint density at radius 2 is 1.74 bits per heavy atom. The second kappa shape index (κ2) is 11.2. The molecule has 14 nitrogen and oxygen atoms in total. The number of rotatable bonds is 8. The van der Waals surface area contributed by atoms with Crippen molar-refractivity contribution in [3.8, 4) is 22.5 Å². The number of ketones is 1. The zero-order valence-electron chi connectivity index (χ0n) is 18.6. The van der Waals surface area contributed by atoms with Gasteiger partial charge < -0.3 is 15.6 Å². The largest absolute Gasteiger partial charge is 0.550 e. The lowest BCUT2D eigenvalue weighted by Crippen LogP contribution is -2.22. The van der Waals surface area contributed by atoms with Crippen molar-refractivity contribution in [2.45, 2.75) is 30.1 Å². The lowest BCUT2D eigenvalue weighted by Gasteiger charge is -2.16. The molecule has 0 saturated carbocycles. The molecule has 0 saturated heterocycles. The summed E-state index contributed by atoms with van der Waals surface area (Å²) < 4.78 is 50.5. The van der Waals surface area contributed by atoms with E-state index in [0.29, 0.717) is 11.3 Å². The van der Waals surface area contributed by atoms with Crippen LogP contribution in [0.3, 0.4) is 0 Å². The molecule has 0 atom stereocenters. The molecular formula is C19H22N7O7S2-. The van der Waals surface area contributed by atoms with E-state index in [1.54, 1.807) is 12.1 Å². The zero-order valence-corrected chi connectivity index (χ0v) is 20.3. The summed E-state index contributed by atoms with van der Waals surface area (Å²) in [6.45, 7) is 2.19. The molecule has 0 fully saturated rings. The van der Waals surface area contributed by atoms with E-state index in [1.165, 1.54) is 19.2 Å². The van der Waals surface area contributed by atoms with E-state index in [0.717, 1.165) is 13.0 Å². The third-order valence-corrected chi connectivity index (χ3v) is 7.17. The quantitative estimate of drug-likeness (QED) is 0.295. The van der Waals surface area contributed by atoms with Crippen LogP contribution in [0.15, 0.2) is 40.3 Å². The molecule has 35 heavy (non-hydrogen) atoms. The molecule has 0 aliphatic carbocycles. The van der Waals surface area contributed by atoms with Gasteiger partial charge in [-0.3, -0.25) is 9.78 Å². The topological polar surface area (TPSA) is 245 Å². The second-order valence-corrected chi connectivity index (χ2v) is 10.7. The maximum absolute atomic E-state index is 12.7. The monoisotopic (exact) mass is 524 g/mol. The number of aromatic amines is 1. The number of tetrazole rings is 1. The van der Waals surface area contributed by atoms with Gasteiger partial charge in [-0.05, 0) is 36.8 Å². The normalized spacial score (nSPS) is 11.4. The van der Waals surface area contributed by atoms with Crippen molar-refractivity contribution >= 4 is 31.6 Å². The first-order chi connectivity index (χ1) is 16.3. The number of benzene rings is 1. The Hall–Kier alpha value is -3.60. The molecule has 0 aliphatic rings. The molecule has 16 heteroatoms. The number of nitrogens with zero attached hydrogens (tertiary/aromatic N) is 4. The van der Waals surface area contributed by atoms with Crippen molar-refractivity contribution in [3.63, 3.8) is 0 Å². The molecule has 5 N–H and O–H groups in total. The Balaban J connectivity index is 0.00000100. The van der Waals surface area contributed by atoms with Crippen molar-refractivity contribution in [1.29, 1.82) is 0 Å². The number of carbonyl (C=O) groups excluding carboxylic acids is 2. The minimum absolute atomic E-state index is 0.0706. The predicted octanol–water partition coefficient (Wildman–Crippen LogP) is -1.80. The molecule has 2 heterocycles. The minimum atomic E-state index is -4.55. The van der Waals surface area contributed by atoms with Gasteiger partial charge in [0.25, 0.3) is 0 Å². The molecule has 3 rings (SSSR count). The van der Waals surface area contributed by atoms with E-state index in [2.05, 4.69) is 25.6 Å². The van der Waals surface area contributed by atoms with Crippen molar-refractivity contribution < 1.29 is 31.5 Å². The number of aliphatic carboxylic acids is 1. The van der Waals surface area contributed by atoms with Crippen LogP contribution in [-0.2, 0) is 35.9 Å². The molecule has 0 unspecified atom stereocenters. The van der Waals surface area contributed by atoms with Crippen LogP contribution in [0.5, 0.6) is 0 Å². The standard InChI is InChI=1S/C17H19N7O5S2.C2H4O2/c1-10(25)8-12-3-2-11(9-20-12)13-4-5-14(30(26,27)7-6-18)16(31(19,28)29)15(13)17-21-23-24-22-17;1-2(3)4/h2-5,9H,6-8,18H2,1H3,(H2,19,28,29)(H,21,22,23,24);1H3,(H,3,4)/p-1. The van der Waals surface area contributed by atoms with Gasteiger partial charge in [0.1, 0.15) is 10.7 Å². The van der Waals surface area contributed by atoms with Gasteiger partial charge in [-0.1, -0.05) is 12.1 Å². The number of sulfonamides is 1. The van der Waals surface area contributed by atoms with Gasteiger partial charge in [-0.25, -0.2) is 22.0 Å². The number of hydrogen-bond acceptors (Lipinski definition) is 12. The highest BCUT2D eigenvalue weighted by Gasteiger charge is 2.31. The Bertz CT molecular complexity index is 1420. The van der Waals surface area contributed by atoms with Crippen LogP contribution in [0.1, 0.15) is 19.5 Å². The number of carboxylic acids is 1. The highest BCUT2D eigenvalue weighted by Crippen LogP contribution is 2.38. The van der Waals surface area contributed by atoms with E-state index in [1.807, 2.05) is 0 Å². The van der Waals surface area contributed by atoms with Crippen LogP contribution >= 0.6 is 0 Å². The number of carboxylic acid groups (broad SMARTS) is 1. The smallest absolute Gasteiger partial charge is 0.240 e. The number of pyridine rings is 1. The van der Waals surface area contributed by atoms with Gasteiger partial charge in [-0.2, -0.15) is 5.21 Å². The number of nitrogens with two attached hydrogens (primary N) is 2. The van der Waals surface area contributed by atoms with Crippen molar-refractivity contribution in [2.24, 2.45) is 10.9 Å². The number of hydrogen-bond donors (Lipinski definition) is 3. The minimum Gasteiger partial charge on any atom is -0.550 e. The average molecular weight is 525 g/mol. The Morgan fingerprint density at radius 1 is 1.09 bits per heavy atom. The van der Waals surface area contributed by atoms with Gasteiger partial charge in [0.05, 0.1) is 16.2 Å². The van der Waals surface area contributed by atoms with Crippen LogP contribution in [-0.4, -0.2) is 66.5 Å². The van der Waals surface area contributed by atoms with Gasteiger partial charge in [0.2, 0.25) is 15.8 Å². The van der Waals surface area contributed by atoms with Crippen LogP contribution in [0.2, 0.25) is 0 Å². The molecule has 1 aromatic carbocycles. The SMILES string of the molecule is CC(=O)Cc1ccc(-c2ccc(S(=O)(=O)CCN)c(S(N)(=O)=O)c2-c2nn[nH]n2)cn1.CC(=O)[O-]. The maximum atomic E-state index is 12.7. The molecule has 0 amide bonds. The second-order valence-electron chi connectivity index (χ2n) is 7.11. The first-order valence-electron chi connectivity index (χ1n) is 9.76. The molecule has 3 aromatic rings. The van der Waals surface area contributed by atoms with Gasteiger partial charge >= 0.3 is 0 Å². The molecule has 0 radical (unpaired) electrons. The van der Waals surface area contributed by atoms with Gasteiger partial charge in [-0.15, -0.1) is 10.2 Å².